The molecule has 0 spiro atoms. The van der Waals surface area contributed by atoms with Crippen molar-refractivity contribution in [3.8, 4) is 5.75 Å². The summed E-state index contributed by atoms with van der Waals surface area (Å²) in [6.45, 7) is 0.161. The van der Waals surface area contributed by atoms with E-state index in [1.54, 1.807) is 24.3 Å². The lowest BCUT2D eigenvalue weighted by molar-refractivity contribution is -0.139. The van der Waals surface area contributed by atoms with E-state index in [1.807, 2.05) is 0 Å². The Labute approximate surface area is 142 Å². The average Bonchev–Trinajstić information content (AvgIpc) is 2.97. The molecule has 2 aromatic rings. The van der Waals surface area contributed by atoms with Crippen molar-refractivity contribution in [2.45, 2.75) is 31.5 Å². The van der Waals surface area contributed by atoms with Crippen LogP contribution in [0.4, 0.5) is 13.2 Å². The first-order valence-electron chi connectivity index (χ1n) is 7.89. The Bertz CT molecular complexity index is 829. The fourth-order valence-electron chi connectivity index (χ4n) is 3.19. The maximum absolute atomic E-state index is 13.5. The van der Waals surface area contributed by atoms with Crippen molar-refractivity contribution < 1.29 is 17.9 Å². The average molecular weight is 353 g/mol. The zero-order valence-electron chi connectivity index (χ0n) is 13.6. The minimum Gasteiger partial charge on any atom is -0.497 e. The number of aromatic nitrogens is 2. The first-order valence-corrected chi connectivity index (χ1v) is 7.89. The van der Waals surface area contributed by atoms with Gasteiger partial charge >= 0.3 is 6.18 Å². The zero-order valence-corrected chi connectivity index (χ0v) is 13.6. The van der Waals surface area contributed by atoms with Gasteiger partial charge in [-0.3, -0.25) is 4.79 Å². The second-order valence-corrected chi connectivity index (χ2v) is 6.02. The van der Waals surface area contributed by atoms with E-state index in [0.717, 1.165) is 4.68 Å². The Balaban J connectivity index is 2.09. The monoisotopic (exact) mass is 353 g/mol. The molecule has 2 N–H and O–H groups in total. The van der Waals surface area contributed by atoms with Crippen LogP contribution in [0, 0.1) is 0 Å². The number of fused-ring (bicyclic) bond motifs is 1. The molecule has 8 heteroatoms. The van der Waals surface area contributed by atoms with E-state index in [9.17, 15) is 18.0 Å². The number of nitrogens with zero attached hydrogens (tertiary/aromatic N) is 2. The fourth-order valence-corrected chi connectivity index (χ4v) is 3.19. The second-order valence-electron chi connectivity index (χ2n) is 6.02. The lowest BCUT2D eigenvalue weighted by Crippen LogP contribution is -2.34. The fraction of sp³-hybridized carbons (Fsp3) is 0.412. The molecular formula is C17H18F3N3O2. The highest BCUT2D eigenvalue weighted by Crippen LogP contribution is 2.38. The Kier molecular flexibility index (Phi) is 4.55. The zero-order chi connectivity index (χ0) is 18.2. The van der Waals surface area contributed by atoms with Gasteiger partial charge in [0.2, 0.25) is 0 Å². The first kappa shape index (κ1) is 17.5. The van der Waals surface area contributed by atoms with Gasteiger partial charge < -0.3 is 10.5 Å². The van der Waals surface area contributed by atoms with E-state index in [2.05, 4.69) is 5.10 Å². The largest absolute Gasteiger partial charge is 0.497 e. The van der Waals surface area contributed by atoms with E-state index >= 15 is 0 Å². The summed E-state index contributed by atoms with van der Waals surface area (Å²) in [6, 6.07) is 6.74. The highest BCUT2D eigenvalue weighted by atomic mass is 19.4. The number of nitrogens with two attached hydrogens (primary N) is 1. The van der Waals surface area contributed by atoms with Crippen LogP contribution in [0.1, 0.15) is 34.7 Å². The van der Waals surface area contributed by atoms with Gasteiger partial charge in [0.15, 0.2) is 0 Å². The molecule has 0 fully saturated rings. The second kappa shape index (κ2) is 6.51. The molecule has 3 rings (SSSR count). The van der Waals surface area contributed by atoms with Gasteiger partial charge in [-0.25, -0.2) is 4.68 Å². The normalized spacial score (nSPS) is 16.8. The Morgan fingerprint density at radius 2 is 2.00 bits per heavy atom. The molecular weight excluding hydrogens is 335 g/mol. The smallest absolute Gasteiger partial charge is 0.422 e. The van der Waals surface area contributed by atoms with Gasteiger partial charge in [-0.2, -0.15) is 18.3 Å². The predicted molar refractivity (Wildman–Crippen MR) is 85.7 cm³/mol. The lowest BCUT2D eigenvalue weighted by Gasteiger charge is -2.16. The molecule has 25 heavy (non-hydrogen) atoms. The molecule has 1 atom stereocenters. The summed E-state index contributed by atoms with van der Waals surface area (Å²) in [5.41, 5.74) is 4.39. The van der Waals surface area contributed by atoms with E-state index in [-0.39, 0.29) is 31.0 Å². The van der Waals surface area contributed by atoms with Crippen LogP contribution in [0.2, 0.25) is 0 Å². The molecule has 1 unspecified atom stereocenters. The lowest BCUT2D eigenvalue weighted by atomic mass is 10.1. The van der Waals surface area contributed by atoms with Crippen LogP contribution in [0.3, 0.4) is 0 Å². The summed E-state index contributed by atoms with van der Waals surface area (Å²) < 4.78 is 46.3. The number of benzene rings is 1. The number of ether oxygens (including phenoxy) is 1. The van der Waals surface area contributed by atoms with Crippen LogP contribution in [0.5, 0.6) is 5.75 Å². The third kappa shape index (κ3) is 3.26. The summed E-state index contributed by atoms with van der Waals surface area (Å²) in [6.07, 6.45) is -4.05. The maximum Gasteiger partial charge on any atom is 0.422 e. The van der Waals surface area contributed by atoms with Crippen LogP contribution in [0.15, 0.2) is 29.1 Å². The molecule has 0 saturated carbocycles. The number of hydrogen-bond acceptors (Lipinski definition) is 4. The van der Waals surface area contributed by atoms with Crippen LogP contribution in [-0.4, -0.2) is 23.4 Å². The van der Waals surface area contributed by atoms with E-state index in [1.165, 1.54) is 7.11 Å². The summed E-state index contributed by atoms with van der Waals surface area (Å²) in [4.78, 5) is 12.4. The molecule has 1 aliphatic rings. The molecule has 0 aliphatic heterocycles. The van der Waals surface area contributed by atoms with E-state index in [0.29, 0.717) is 23.4 Å². The van der Waals surface area contributed by atoms with Gasteiger partial charge in [-0.1, -0.05) is 12.1 Å². The quantitative estimate of drug-likeness (QED) is 0.916. The minimum absolute atomic E-state index is 0.000990. The van der Waals surface area contributed by atoms with Gasteiger partial charge in [-0.15, -0.1) is 0 Å². The van der Waals surface area contributed by atoms with Gasteiger partial charge in [0, 0.05) is 12.5 Å². The summed E-state index contributed by atoms with van der Waals surface area (Å²) in [5.74, 6) is 0.371. The number of rotatable bonds is 4. The Morgan fingerprint density at radius 1 is 1.32 bits per heavy atom. The molecule has 1 heterocycles. The van der Waals surface area contributed by atoms with Gasteiger partial charge in [0.1, 0.15) is 11.3 Å². The van der Waals surface area contributed by atoms with Crippen LogP contribution in [0.25, 0.3) is 0 Å². The van der Waals surface area contributed by atoms with Crippen molar-refractivity contribution in [1.29, 1.82) is 0 Å². The van der Waals surface area contributed by atoms with Crippen molar-refractivity contribution in [1.82, 2.24) is 9.78 Å². The van der Waals surface area contributed by atoms with Crippen LogP contribution in [-0.2, 0) is 19.1 Å². The predicted octanol–water partition coefficient (Wildman–Crippen LogP) is 2.31. The topological polar surface area (TPSA) is 70.1 Å². The number of halogens is 3. The summed E-state index contributed by atoms with van der Waals surface area (Å²) in [5, 5.41) is 4.21. The molecule has 134 valence electrons. The van der Waals surface area contributed by atoms with E-state index in [4.69, 9.17) is 10.5 Å². The SMILES string of the molecule is COc1ccc(Cn2nc3c(c(C(F)(F)F)c2=O)CCC3CN)cc1. The molecule has 0 radical (unpaired) electrons. The van der Waals surface area contributed by atoms with Crippen molar-refractivity contribution in [3.05, 3.63) is 57.0 Å². The summed E-state index contributed by atoms with van der Waals surface area (Å²) in [7, 11) is 1.52. The third-order valence-corrected chi connectivity index (χ3v) is 4.48. The van der Waals surface area contributed by atoms with Gasteiger partial charge in [0.05, 0.1) is 19.3 Å². The molecule has 5 nitrogen and oxygen atoms in total. The number of hydrogen-bond donors (Lipinski definition) is 1. The van der Waals surface area contributed by atoms with Crippen molar-refractivity contribution >= 4 is 0 Å². The molecule has 0 amide bonds. The molecule has 0 saturated heterocycles. The van der Waals surface area contributed by atoms with Gasteiger partial charge in [-0.05, 0) is 36.1 Å². The molecule has 1 aliphatic carbocycles. The third-order valence-electron chi connectivity index (χ3n) is 4.48. The standard InChI is InChI=1S/C17H18F3N3O2/c1-25-12-5-2-10(3-6-12)9-23-16(24)14(17(18,19)20)13-7-4-11(8-21)15(13)22-23/h2-3,5-6,11H,4,7-9,21H2,1H3. The van der Waals surface area contributed by atoms with Crippen molar-refractivity contribution in [2.75, 3.05) is 13.7 Å². The maximum atomic E-state index is 13.5. The van der Waals surface area contributed by atoms with Crippen molar-refractivity contribution in [3.63, 3.8) is 0 Å². The van der Waals surface area contributed by atoms with Crippen molar-refractivity contribution in [2.24, 2.45) is 5.73 Å². The molecule has 1 aromatic carbocycles. The van der Waals surface area contributed by atoms with Crippen LogP contribution < -0.4 is 16.0 Å². The number of alkyl halides is 3. The molecule has 0 bridgehead atoms. The number of methoxy groups -OCH3 is 1. The minimum atomic E-state index is -4.71. The highest BCUT2D eigenvalue weighted by Gasteiger charge is 2.41. The van der Waals surface area contributed by atoms with E-state index < -0.39 is 17.3 Å². The first-order chi connectivity index (χ1) is 11.8. The highest BCUT2D eigenvalue weighted by molar-refractivity contribution is 5.37. The molecule has 1 aromatic heterocycles. The van der Waals surface area contributed by atoms with Gasteiger partial charge in [0.25, 0.3) is 5.56 Å². The van der Waals surface area contributed by atoms with Crippen LogP contribution >= 0.6 is 0 Å². The Hall–Kier alpha value is -2.35. The Morgan fingerprint density at radius 3 is 2.56 bits per heavy atom. The summed E-state index contributed by atoms with van der Waals surface area (Å²) >= 11 is 0.